The van der Waals surface area contributed by atoms with Crippen LogP contribution in [-0.2, 0) is 21.3 Å². The molecular formula is C20H24N4O5. The lowest BCUT2D eigenvalue weighted by molar-refractivity contribution is -0.284. The molecule has 2 saturated heterocycles. The molecule has 2 aliphatic heterocycles. The van der Waals surface area contributed by atoms with Gasteiger partial charge in [-0.15, -0.1) is 0 Å². The van der Waals surface area contributed by atoms with Crippen LogP contribution in [0.5, 0.6) is 5.75 Å². The number of aromatic nitrogens is 2. The third-order valence-electron chi connectivity index (χ3n) is 5.01. The smallest absolute Gasteiger partial charge is 0.260 e. The van der Waals surface area contributed by atoms with Crippen LogP contribution in [0.3, 0.4) is 0 Å². The number of nitrogens with zero attached hydrogens (tertiary/aromatic N) is 4. The lowest BCUT2D eigenvalue weighted by Gasteiger charge is -2.47. The van der Waals surface area contributed by atoms with Crippen LogP contribution in [0.2, 0.25) is 0 Å². The minimum absolute atomic E-state index is 0.0571. The van der Waals surface area contributed by atoms with Crippen molar-refractivity contribution < 1.29 is 23.8 Å². The van der Waals surface area contributed by atoms with E-state index in [9.17, 15) is 9.59 Å². The second-order valence-electron chi connectivity index (χ2n) is 7.15. The molecule has 1 spiro atoms. The molecule has 0 saturated carbocycles. The maximum absolute atomic E-state index is 12.8. The Morgan fingerprint density at radius 2 is 1.79 bits per heavy atom. The minimum atomic E-state index is -1.02. The fourth-order valence-corrected chi connectivity index (χ4v) is 3.55. The number of carbonyl (C=O) groups excluding carboxylic acids is 2. The van der Waals surface area contributed by atoms with E-state index in [0.29, 0.717) is 37.6 Å². The average molecular weight is 400 g/mol. The molecule has 1 aromatic carbocycles. The third-order valence-corrected chi connectivity index (χ3v) is 5.01. The van der Waals surface area contributed by atoms with Crippen molar-refractivity contribution in [2.45, 2.75) is 5.79 Å². The van der Waals surface area contributed by atoms with Gasteiger partial charge in [-0.1, -0.05) is 18.2 Å². The predicted octanol–water partition coefficient (Wildman–Crippen LogP) is 0.527. The van der Waals surface area contributed by atoms with Gasteiger partial charge in [0.1, 0.15) is 5.75 Å². The van der Waals surface area contributed by atoms with Crippen molar-refractivity contribution >= 4 is 11.8 Å². The predicted molar refractivity (Wildman–Crippen MR) is 102 cm³/mol. The number of hydrogen-bond acceptors (Lipinski definition) is 6. The molecule has 9 nitrogen and oxygen atoms in total. The summed E-state index contributed by atoms with van der Waals surface area (Å²) < 4.78 is 19.0. The molecule has 2 fully saturated rings. The van der Waals surface area contributed by atoms with Crippen molar-refractivity contribution in [1.29, 1.82) is 0 Å². The molecule has 0 aliphatic carbocycles. The van der Waals surface area contributed by atoms with Crippen LogP contribution < -0.4 is 4.74 Å². The van der Waals surface area contributed by atoms with E-state index in [0.717, 1.165) is 0 Å². The Bertz CT molecular complexity index is 867. The molecule has 0 radical (unpaired) electrons. The number of para-hydroxylation sites is 1. The molecule has 29 heavy (non-hydrogen) atoms. The van der Waals surface area contributed by atoms with Crippen molar-refractivity contribution in [3.05, 3.63) is 48.3 Å². The standard InChI is InChI=1S/C20H24N4O5/c1-22-12-16(11-21-22)19(26)24-8-10-29-20(15-24)14-23(7-9-28-20)18(25)13-27-17-5-3-2-4-6-17/h2-6,11-12H,7-10,13-15H2,1H3. The molecule has 154 valence electrons. The van der Waals surface area contributed by atoms with Gasteiger partial charge in [0, 0.05) is 26.3 Å². The number of hydrogen-bond donors (Lipinski definition) is 0. The monoisotopic (exact) mass is 400 g/mol. The van der Waals surface area contributed by atoms with E-state index in [1.54, 1.807) is 46.1 Å². The van der Waals surface area contributed by atoms with E-state index in [-0.39, 0.29) is 31.5 Å². The van der Waals surface area contributed by atoms with Crippen LogP contribution in [0.1, 0.15) is 10.4 Å². The fraction of sp³-hybridized carbons (Fsp3) is 0.450. The molecule has 2 amide bonds. The molecule has 2 aromatic rings. The number of ether oxygens (including phenoxy) is 3. The van der Waals surface area contributed by atoms with Gasteiger partial charge >= 0.3 is 0 Å². The summed E-state index contributed by atoms with van der Waals surface area (Å²) in [5.74, 6) is -0.640. The Balaban J connectivity index is 1.38. The van der Waals surface area contributed by atoms with E-state index in [1.165, 1.54) is 0 Å². The first kappa shape index (κ1) is 19.4. The van der Waals surface area contributed by atoms with Gasteiger partial charge in [-0.2, -0.15) is 5.10 Å². The van der Waals surface area contributed by atoms with E-state index in [2.05, 4.69) is 5.10 Å². The summed E-state index contributed by atoms with van der Waals surface area (Å²) in [7, 11) is 1.77. The maximum atomic E-state index is 12.8. The van der Waals surface area contributed by atoms with Crippen LogP contribution in [0, 0.1) is 0 Å². The zero-order valence-electron chi connectivity index (χ0n) is 16.3. The van der Waals surface area contributed by atoms with E-state index in [1.807, 2.05) is 18.2 Å². The highest BCUT2D eigenvalue weighted by Crippen LogP contribution is 2.26. The lowest BCUT2D eigenvalue weighted by atomic mass is 10.1. The Morgan fingerprint density at radius 1 is 1.10 bits per heavy atom. The summed E-state index contributed by atoms with van der Waals surface area (Å²) >= 11 is 0. The van der Waals surface area contributed by atoms with Crippen LogP contribution in [0.15, 0.2) is 42.7 Å². The normalized spacial score (nSPS) is 22.0. The molecule has 1 aromatic heterocycles. The zero-order chi connectivity index (χ0) is 20.3. The lowest BCUT2D eigenvalue weighted by Crippen LogP contribution is -2.64. The second kappa shape index (κ2) is 8.22. The largest absolute Gasteiger partial charge is 0.484 e. The van der Waals surface area contributed by atoms with Crippen molar-refractivity contribution in [3.63, 3.8) is 0 Å². The van der Waals surface area contributed by atoms with Gasteiger partial charge in [0.15, 0.2) is 6.61 Å². The summed E-state index contributed by atoms with van der Waals surface area (Å²) in [6.45, 7) is 2.05. The molecule has 9 heteroatoms. The highest BCUT2D eigenvalue weighted by Gasteiger charge is 2.44. The molecular weight excluding hydrogens is 376 g/mol. The van der Waals surface area contributed by atoms with Crippen molar-refractivity contribution in [2.24, 2.45) is 7.05 Å². The van der Waals surface area contributed by atoms with Crippen LogP contribution in [-0.4, -0.2) is 83.2 Å². The van der Waals surface area contributed by atoms with Gasteiger partial charge in [0.25, 0.3) is 11.8 Å². The maximum Gasteiger partial charge on any atom is 0.260 e. The average Bonchev–Trinajstić information content (AvgIpc) is 3.18. The van der Waals surface area contributed by atoms with Gasteiger partial charge in [-0.25, -0.2) is 0 Å². The van der Waals surface area contributed by atoms with Gasteiger partial charge in [0.05, 0.1) is 38.1 Å². The van der Waals surface area contributed by atoms with Crippen molar-refractivity contribution in [2.75, 3.05) is 46.0 Å². The highest BCUT2D eigenvalue weighted by molar-refractivity contribution is 5.93. The Morgan fingerprint density at radius 3 is 2.48 bits per heavy atom. The molecule has 2 aliphatic rings. The first-order chi connectivity index (χ1) is 14.0. The summed E-state index contributed by atoms with van der Waals surface area (Å²) in [5, 5.41) is 4.06. The quantitative estimate of drug-likeness (QED) is 0.744. The van der Waals surface area contributed by atoms with Gasteiger partial charge < -0.3 is 24.0 Å². The Hall–Kier alpha value is -2.91. The number of benzene rings is 1. The van der Waals surface area contributed by atoms with Crippen LogP contribution in [0.4, 0.5) is 0 Å². The topological polar surface area (TPSA) is 86.1 Å². The van der Waals surface area contributed by atoms with E-state index in [4.69, 9.17) is 14.2 Å². The van der Waals surface area contributed by atoms with Crippen molar-refractivity contribution in [1.82, 2.24) is 19.6 Å². The first-order valence-corrected chi connectivity index (χ1v) is 9.56. The van der Waals surface area contributed by atoms with Crippen molar-refractivity contribution in [3.8, 4) is 5.75 Å². The SMILES string of the molecule is Cn1cc(C(=O)N2CCOC3(CN(C(=O)COc4ccccc4)CCO3)C2)cn1. The molecule has 1 unspecified atom stereocenters. The second-order valence-corrected chi connectivity index (χ2v) is 7.15. The fourth-order valence-electron chi connectivity index (χ4n) is 3.55. The van der Waals surface area contributed by atoms with E-state index < -0.39 is 5.79 Å². The van der Waals surface area contributed by atoms with Gasteiger partial charge in [-0.3, -0.25) is 14.3 Å². The Labute approximate surface area is 168 Å². The molecule has 4 rings (SSSR count). The van der Waals surface area contributed by atoms with Gasteiger partial charge in [-0.05, 0) is 12.1 Å². The van der Waals surface area contributed by atoms with E-state index >= 15 is 0 Å². The number of morpholine rings is 2. The molecule has 0 N–H and O–H groups in total. The van der Waals surface area contributed by atoms with Crippen LogP contribution in [0.25, 0.3) is 0 Å². The summed E-state index contributed by atoms with van der Waals surface area (Å²) in [4.78, 5) is 28.8. The molecule has 3 heterocycles. The first-order valence-electron chi connectivity index (χ1n) is 9.56. The number of rotatable bonds is 4. The summed E-state index contributed by atoms with van der Waals surface area (Å²) in [6.07, 6.45) is 3.23. The number of amides is 2. The minimum Gasteiger partial charge on any atom is -0.484 e. The van der Waals surface area contributed by atoms with Crippen LogP contribution >= 0.6 is 0 Å². The Kier molecular flexibility index (Phi) is 5.50. The van der Waals surface area contributed by atoms with Gasteiger partial charge in [0.2, 0.25) is 5.79 Å². The highest BCUT2D eigenvalue weighted by atomic mass is 16.7. The summed E-state index contributed by atoms with van der Waals surface area (Å²) in [5.41, 5.74) is 0.518. The number of carbonyl (C=O) groups is 2. The molecule has 0 bridgehead atoms. The number of aryl methyl sites for hydroxylation is 1. The zero-order valence-corrected chi connectivity index (χ0v) is 16.3. The molecule has 1 atom stereocenters. The third kappa shape index (κ3) is 4.41. The summed E-state index contributed by atoms with van der Waals surface area (Å²) in [6, 6.07) is 9.21.